The number of aryl methyl sites for hydroxylation is 1. The quantitative estimate of drug-likeness (QED) is 0.934. The molecule has 1 aromatic carbocycles. The lowest BCUT2D eigenvalue weighted by Gasteiger charge is -2.28. The van der Waals surface area contributed by atoms with E-state index < -0.39 is 0 Å². The molecule has 1 aromatic heterocycles. The Labute approximate surface area is 132 Å². The second-order valence-corrected chi connectivity index (χ2v) is 5.48. The molecule has 1 aliphatic rings. The third kappa shape index (κ3) is 2.62. The molecule has 0 amide bonds. The molecule has 2 heterocycles. The van der Waals surface area contributed by atoms with Crippen LogP contribution in [-0.2, 0) is 13.5 Å². The van der Waals surface area contributed by atoms with Crippen LogP contribution in [0.1, 0.15) is 5.56 Å². The lowest BCUT2D eigenvalue weighted by molar-refractivity contribution is 0.256. The summed E-state index contributed by atoms with van der Waals surface area (Å²) in [5.41, 5.74) is 1.24. The van der Waals surface area contributed by atoms with Gasteiger partial charge in [0.05, 0.1) is 25.0 Å². The van der Waals surface area contributed by atoms with E-state index in [0.717, 1.165) is 23.5 Å². The molecular weight excluding hydrogens is 306 g/mol. The van der Waals surface area contributed by atoms with Crippen LogP contribution in [0.3, 0.4) is 0 Å². The van der Waals surface area contributed by atoms with Gasteiger partial charge in [0.1, 0.15) is 11.6 Å². The van der Waals surface area contributed by atoms with Gasteiger partial charge in [0.15, 0.2) is 11.5 Å². The fraction of sp³-hybridized carbons (Fsp3) is 0.333. The van der Waals surface area contributed by atoms with Gasteiger partial charge in [-0.25, -0.2) is 4.68 Å². The standard InChI is InChI=1S/C15H16ClN3O3/c1-19-15(20)13(16)11(7-17-19)18-10-6-9-4-3-5-12(21-2)14(9)22-8-10/h3-5,7,10,18H,6,8H2,1-2H3/t10-/m1/s1. The smallest absolute Gasteiger partial charge is 0.287 e. The Balaban J connectivity index is 1.81. The highest BCUT2D eigenvalue weighted by Crippen LogP contribution is 2.35. The van der Waals surface area contributed by atoms with Crippen molar-refractivity contribution in [2.24, 2.45) is 7.05 Å². The predicted octanol–water partition coefficient (Wildman–Crippen LogP) is 1.86. The zero-order chi connectivity index (χ0) is 15.7. The molecule has 0 aliphatic carbocycles. The maximum Gasteiger partial charge on any atom is 0.287 e. The average Bonchev–Trinajstić information content (AvgIpc) is 2.54. The van der Waals surface area contributed by atoms with Crippen LogP contribution in [0.4, 0.5) is 5.69 Å². The van der Waals surface area contributed by atoms with E-state index in [4.69, 9.17) is 21.1 Å². The first-order chi connectivity index (χ1) is 10.6. The summed E-state index contributed by atoms with van der Waals surface area (Å²) in [6.45, 7) is 0.457. The van der Waals surface area contributed by atoms with Crippen LogP contribution >= 0.6 is 11.6 Å². The monoisotopic (exact) mass is 321 g/mol. The molecule has 116 valence electrons. The molecule has 0 saturated carbocycles. The van der Waals surface area contributed by atoms with Crippen LogP contribution < -0.4 is 20.3 Å². The van der Waals surface area contributed by atoms with Crippen LogP contribution in [0.15, 0.2) is 29.2 Å². The number of nitrogens with one attached hydrogen (secondary N) is 1. The van der Waals surface area contributed by atoms with Gasteiger partial charge in [0, 0.05) is 12.6 Å². The predicted molar refractivity (Wildman–Crippen MR) is 84.1 cm³/mol. The van der Waals surface area contributed by atoms with Crippen molar-refractivity contribution in [3.63, 3.8) is 0 Å². The van der Waals surface area contributed by atoms with Crippen LogP contribution in [0.2, 0.25) is 5.02 Å². The van der Waals surface area contributed by atoms with E-state index in [-0.39, 0.29) is 16.6 Å². The normalized spacial score (nSPS) is 16.6. The molecular formula is C15H16ClN3O3. The Bertz CT molecular complexity index is 760. The zero-order valence-electron chi connectivity index (χ0n) is 12.3. The Kier molecular flexibility index (Phi) is 3.94. The minimum atomic E-state index is -0.328. The van der Waals surface area contributed by atoms with E-state index in [1.165, 1.54) is 4.68 Å². The maximum atomic E-state index is 11.8. The van der Waals surface area contributed by atoms with Gasteiger partial charge >= 0.3 is 0 Å². The number of ether oxygens (including phenoxy) is 2. The summed E-state index contributed by atoms with van der Waals surface area (Å²) >= 11 is 6.07. The number of hydrogen-bond acceptors (Lipinski definition) is 5. The number of benzene rings is 1. The highest BCUT2D eigenvalue weighted by atomic mass is 35.5. The maximum absolute atomic E-state index is 11.8. The van der Waals surface area contributed by atoms with Gasteiger partial charge < -0.3 is 14.8 Å². The SMILES string of the molecule is COc1cccc2c1OC[C@H](Nc1cnn(C)c(=O)c1Cl)C2. The van der Waals surface area contributed by atoms with Crippen molar-refractivity contribution in [1.82, 2.24) is 9.78 Å². The van der Waals surface area contributed by atoms with Crippen LogP contribution in [0.5, 0.6) is 11.5 Å². The number of aromatic nitrogens is 2. The largest absolute Gasteiger partial charge is 0.493 e. The first-order valence-electron chi connectivity index (χ1n) is 6.87. The lowest BCUT2D eigenvalue weighted by atomic mass is 10.0. The number of para-hydroxylation sites is 1. The van der Waals surface area contributed by atoms with Crippen molar-refractivity contribution in [2.75, 3.05) is 19.0 Å². The lowest BCUT2D eigenvalue weighted by Crippen LogP contribution is -2.34. The molecule has 1 atom stereocenters. The molecule has 0 spiro atoms. The van der Waals surface area contributed by atoms with Gasteiger partial charge in [0.2, 0.25) is 0 Å². The summed E-state index contributed by atoms with van der Waals surface area (Å²) in [5.74, 6) is 1.50. The number of halogens is 1. The third-order valence-electron chi connectivity index (χ3n) is 3.61. The molecule has 1 N–H and O–H groups in total. The molecule has 7 heteroatoms. The second kappa shape index (κ2) is 5.88. The Morgan fingerprint density at radius 2 is 2.32 bits per heavy atom. The fourth-order valence-corrected chi connectivity index (χ4v) is 2.70. The minimum absolute atomic E-state index is 0.00557. The minimum Gasteiger partial charge on any atom is -0.493 e. The number of methoxy groups -OCH3 is 1. The Morgan fingerprint density at radius 1 is 1.50 bits per heavy atom. The Hall–Kier alpha value is -2.21. The summed E-state index contributed by atoms with van der Waals surface area (Å²) in [6, 6.07) is 5.80. The molecule has 1 aliphatic heterocycles. The van der Waals surface area contributed by atoms with E-state index in [2.05, 4.69) is 10.4 Å². The van der Waals surface area contributed by atoms with Gasteiger partial charge in [-0.2, -0.15) is 5.10 Å². The molecule has 0 saturated heterocycles. The molecule has 0 fully saturated rings. The van der Waals surface area contributed by atoms with Crippen LogP contribution in [0.25, 0.3) is 0 Å². The first kappa shape index (κ1) is 14.7. The van der Waals surface area contributed by atoms with E-state index in [9.17, 15) is 4.79 Å². The van der Waals surface area contributed by atoms with Gasteiger partial charge in [0.25, 0.3) is 5.56 Å². The van der Waals surface area contributed by atoms with Gasteiger partial charge in [-0.15, -0.1) is 0 Å². The van der Waals surface area contributed by atoms with E-state index in [1.54, 1.807) is 20.4 Å². The molecule has 0 bridgehead atoms. The summed E-state index contributed by atoms with van der Waals surface area (Å²) in [5, 5.41) is 7.33. The van der Waals surface area contributed by atoms with Crippen LogP contribution in [-0.4, -0.2) is 29.5 Å². The van der Waals surface area contributed by atoms with E-state index >= 15 is 0 Å². The molecule has 3 rings (SSSR count). The third-order valence-corrected chi connectivity index (χ3v) is 3.98. The summed E-state index contributed by atoms with van der Waals surface area (Å²) in [4.78, 5) is 11.8. The summed E-state index contributed by atoms with van der Waals surface area (Å²) in [7, 11) is 3.18. The van der Waals surface area contributed by atoms with Gasteiger partial charge in [-0.3, -0.25) is 4.79 Å². The first-order valence-corrected chi connectivity index (χ1v) is 7.25. The van der Waals surface area contributed by atoms with Crippen molar-refractivity contribution >= 4 is 17.3 Å². The zero-order valence-corrected chi connectivity index (χ0v) is 13.1. The van der Waals surface area contributed by atoms with Crippen molar-refractivity contribution in [1.29, 1.82) is 0 Å². The second-order valence-electron chi connectivity index (χ2n) is 5.11. The summed E-state index contributed by atoms with van der Waals surface area (Å²) in [6.07, 6.45) is 2.29. The Morgan fingerprint density at radius 3 is 3.09 bits per heavy atom. The molecule has 22 heavy (non-hydrogen) atoms. The van der Waals surface area contributed by atoms with Gasteiger partial charge in [-0.1, -0.05) is 23.7 Å². The average molecular weight is 322 g/mol. The van der Waals surface area contributed by atoms with Crippen molar-refractivity contribution in [3.05, 3.63) is 45.3 Å². The molecule has 0 unspecified atom stereocenters. The molecule has 6 nitrogen and oxygen atoms in total. The highest BCUT2D eigenvalue weighted by molar-refractivity contribution is 6.32. The summed E-state index contributed by atoms with van der Waals surface area (Å²) < 4.78 is 12.3. The topological polar surface area (TPSA) is 65.4 Å². The van der Waals surface area contributed by atoms with Crippen molar-refractivity contribution in [2.45, 2.75) is 12.5 Å². The highest BCUT2D eigenvalue weighted by Gasteiger charge is 2.23. The van der Waals surface area contributed by atoms with E-state index in [1.807, 2.05) is 18.2 Å². The number of fused-ring (bicyclic) bond motifs is 1. The van der Waals surface area contributed by atoms with Crippen molar-refractivity contribution in [3.8, 4) is 11.5 Å². The van der Waals surface area contributed by atoms with E-state index in [0.29, 0.717) is 12.3 Å². The number of rotatable bonds is 3. The number of nitrogens with zero attached hydrogens (tertiary/aromatic N) is 2. The number of anilines is 1. The molecule has 0 radical (unpaired) electrons. The number of hydrogen-bond donors (Lipinski definition) is 1. The van der Waals surface area contributed by atoms with Crippen LogP contribution in [0, 0.1) is 0 Å². The van der Waals surface area contributed by atoms with Gasteiger partial charge in [-0.05, 0) is 12.5 Å². The fourth-order valence-electron chi connectivity index (χ4n) is 2.48. The van der Waals surface area contributed by atoms with Crippen molar-refractivity contribution < 1.29 is 9.47 Å². The molecule has 2 aromatic rings.